The van der Waals surface area contributed by atoms with Crippen molar-refractivity contribution in [3.05, 3.63) is 23.8 Å². The number of amides is 2. The molecule has 0 radical (unpaired) electrons. The van der Waals surface area contributed by atoms with Gasteiger partial charge in [-0.25, -0.2) is 9.59 Å². The topological polar surface area (TPSA) is 108 Å². The van der Waals surface area contributed by atoms with E-state index in [4.69, 9.17) is 9.84 Å². The molecular weight excluding hydrogens is 276 g/mol. The summed E-state index contributed by atoms with van der Waals surface area (Å²) in [6.45, 7) is 2.57. The van der Waals surface area contributed by atoms with E-state index in [0.717, 1.165) is 12.8 Å². The van der Waals surface area contributed by atoms with Crippen molar-refractivity contribution in [2.75, 3.05) is 11.9 Å². The Labute approximate surface area is 121 Å². The minimum Gasteiger partial charge on any atom is -0.507 e. The van der Waals surface area contributed by atoms with Gasteiger partial charge >= 0.3 is 12.0 Å². The van der Waals surface area contributed by atoms with E-state index in [-0.39, 0.29) is 17.7 Å². The summed E-state index contributed by atoms with van der Waals surface area (Å²) in [4.78, 5) is 22.6. The van der Waals surface area contributed by atoms with Crippen molar-refractivity contribution >= 4 is 17.7 Å². The van der Waals surface area contributed by atoms with Gasteiger partial charge in [0.25, 0.3) is 0 Å². The summed E-state index contributed by atoms with van der Waals surface area (Å²) >= 11 is 0. The number of hydrogen-bond acceptors (Lipinski definition) is 4. The van der Waals surface area contributed by atoms with Gasteiger partial charge in [-0.2, -0.15) is 0 Å². The Bertz CT molecular complexity index is 540. The summed E-state index contributed by atoms with van der Waals surface area (Å²) < 4.78 is 5.48. The lowest BCUT2D eigenvalue weighted by molar-refractivity contribution is 0.0693. The van der Waals surface area contributed by atoms with Crippen LogP contribution in [0.3, 0.4) is 0 Å². The fraction of sp³-hybridized carbons (Fsp3) is 0.429. The number of rotatable bonds is 4. The third kappa shape index (κ3) is 3.85. The zero-order valence-corrected chi connectivity index (χ0v) is 11.6. The molecule has 1 aliphatic rings. The van der Waals surface area contributed by atoms with Crippen molar-refractivity contribution in [3.8, 4) is 5.75 Å². The molecule has 1 saturated heterocycles. The SMILES string of the molecule is CC(NC(=O)Nc1ccc(C(=O)O)c(O)c1)C1CCCO1. The van der Waals surface area contributed by atoms with Gasteiger partial charge in [0.2, 0.25) is 0 Å². The molecular formula is C14H18N2O5. The highest BCUT2D eigenvalue weighted by Gasteiger charge is 2.23. The number of anilines is 1. The summed E-state index contributed by atoms with van der Waals surface area (Å²) in [5.74, 6) is -1.62. The molecule has 1 heterocycles. The molecule has 1 fully saturated rings. The second-order valence-corrected chi connectivity index (χ2v) is 4.98. The van der Waals surface area contributed by atoms with Gasteiger partial charge in [-0.15, -0.1) is 0 Å². The summed E-state index contributed by atoms with van der Waals surface area (Å²) in [6, 6.07) is 3.29. The molecule has 2 amide bonds. The van der Waals surface area contributed by atoms with Crippen LogP contribution in [0.4, 0.5) is 10.5 Å². The quantitative estimate of drug-likeness (QED) is 0.677. The Morgan fingerprint density at radius 3 is 2.76 bits per heavy atom. The van der Waals surface area contributed by atoms with Crippen LogP contribution >= 0.6 is 0 Å². The van der Waals surface area contributed by atoms with E-state index >= 15 is 0 Å². The van der Waals surface area contributed by atoms with Crippen LogP contribution in [-0.2, 0) is 4.74 Å². The van der Waals surface area contributed by atoms with Crippen LogP contribution in [0.15, 0.2) is 18.2 Å². The summed E-state index contributed by atoms with van der Waals surface area (Å²) in [7, 11) is 0. The molecule has 2 rings (SSSR count). The van der Waals surface area contributed by atoms with Crippen molar-refractivity contribution in [1.29, 1.82) is 0 Å². The van der Waals surface area contributed by atoms with Crippen molar-refractivity contribution in [2.45, 2.75) is 31.9 Å². The Morgan fingerprint density at radius 2 is 2.19 bits per heavy atom. The van der Waals surface area contributed by atoms with E-state index in [9.17, 15) is 14.7 Å². The minimum absolute atomic E-state index is 0.0125. The Hall–Kier alpha value is -2.28. The molecule has 114 valence electrons. The molecule has 2 atom stereocenters. The van der Waals surface area contributed by atoms with Crippen LogP contribution in [0.5, 0.6) is 5.75 Å². The standard InChI is InChI=1S/C14H18N2O5/c1-8(12-3-2-6-21-12)15-14(20)16-9-4-5-10(13(18)19)11(17)7-9/h4-5,7-8,12,17H,2-3,6H2,1H3,(H,18,19)(H2,15,16,20). The van der Waals surface area contributed by atoms with Gasteiger partial charge < -0.3 is 25.6 Å². The third-order valence-corrected chi connectivity index (χ3v) is 3.37. The number of urea groups is 1. The lowest BCUT2D eigenvalue weighted by atomic mass is 10.1. The molecule has 0 spiro atoms. The molecule has 0 aliphatic carbocycles. The number of carboxylic acids is 1. The van der Waals surface area contributed by atoms with E-state index in [1.807, 2.05) is 6.92 Å². The first-order valence-corrected chi connectivity index (χ1v) is 6.73. The van der Waals surface area contributed by atoms with E-state index in [0.29, 0.717) is 12.3 Å². The molecule has 0 saturated carbocycles. The van der Waals surface area contributed by atoms with Gasteiger partial charge in [0.1, 0.15) is 11.3 Å². The smallest absolute Gasteiger partial charge is 0.339 e. The molecule has 7 nitrogen and oxygen atoms in total. The minimum atomic E-state index is -1.23. The van der Waals surface area contributed by atoms with Crippen molar-refractivity contribution in [3.63, 3.8) is 0 Å². The number of aromatic hydroxyl groups is 1. The second-order valence-electron chi connectivity index (χ2n) is 4.98. The number of hydrogen-bond donors (Lipinski definition) is 4. The number of carbonyl (C=O) groups is 2. The van der Waals surface area contributed by atoms with Crippen LogP contribution in [0.2, 0.25) is 0 Å². The maximum absolute atomic E-state index is 11.8. The number of nitrogens with one attached hydrogen (secondary N) is 2. The number of phenols is 1. The first kappa shape index (κ1) is 15.1. The normalized spacial score (nSPS) is 19.0. The Morgan fingerprint density at radius 1 is 1.43 bits per heavy atom. The first-order chi connectivity index (χ1) is 9.97. The van der Waals surface area contributed by atoms with Crippen LogP contribution in [0, 0.1) is 0 Å². The number of carboxylic acid groups (broad SMARTS) is 1. The monoisotopic (exact) mass is 294 g/mol. The van der Waals surface area contributed by atoms with E-state index < -0.39 is 17.7 Å². The van der Waals surface area contributed by atoms with Gasteiger partial charge in [-0.3, -0.25) is 0 Å². The van der Waals surface area contributed by atoms with Crippen LogP contribution in [0.1, 0.15) is 30.1 Å². The number of benzene rings is 1. The Balaban J connectivity index is 1.93. The number of carbonyl (C=O) groups excluding carboxylic acids is 1. The predicted molar refractivity (Wildman–Crippen MR) is 75.7 cm³/mol. The highest BCUT2D eigenvalue weighted by molar-refractivity contribution is 5.94. The van der Waals surface area contributed by atoms with Crippen LogP contribution < -0.4 is 10.6 Å². The fourth-order valence-corrected chi connectivity index (χ4v) is 2.25. The van der Waals surface area contributed by atoms with Crippen molar-refractivity contribution in [1.82, 2.24) is 5.32 Å². The zero-order chi connectivity index (χ0) is 15.4. The van der Waals surface area contributed by atoms with E-state index in [1.165, 1.54) is 18.2 Å². The molecule has 4 N–H and O–H groups in total. The van der Waals surface area contributed by atoms with Crippen molar-refractivity contribution < 1.29 is 24.5 Å². The molecule has 1 aromatic carbocycles. The summed E-state index contributed by atoms with van der Waals surface area (Å²) in [5.41, 5.74) is 0.100. The second kappa shape index (κ2) is 6.45. The van der Waals surface area contributed by atoms with Gasteiger partial charge in [-0.05, 0) is 31.9 Å². The van der Waals surface area contributed by atoms with Gasteiger partial charge in [0.05, 0.1) is 12.1 Å². The largest absolute Gasteiger partial charge is 0.507 e. The lowest BCUT2D eigenvalue weighted by Crippen LogP contribution is -2.42. The van der Waals surface area contributed by atoms with Gasteiger partial charge in [0.15, 0.2) is 0 Å². The van der Waals surface area contributed by atoms with Gasteiger partial charge in [-0.1, -0.05) is 0 Å². The average molecular weight is 294 g/mol. The van der Waals surface area contributed by atoms with E-state index in [1.54, 1.807) is 0 Å². The molecule has 1 aromatic rings. The summed E-state index contributed by atoms with van der Waals surface area (Å²) in [5, 5.41) is 23.7. The highest BCUT2D eigenvalue weighted by atomic mass is 16.5. The zero-order valence-electron chi connectivity index (χ0n) is 11.6. The molecule has 0 bridgehead atoms. The molecule has 2 unspecified atom stereocenters. The molecule has 1 aliphatic heterocycles. The maximum atomic E-state index is 11.8. The van der Waals surface area contributed by atoms with E-state index in [2.05, 4.69) is 10.6 Å². The number of ether oxygens (including phenoxy) is 1. The van der Waals surface area contributed by atoms with Crippen molar-refractivity contribution in [2.24, 2.45) is 0 Å². The maximum Gasteiger partial charge on any atom is 0.339 e. The lowest BCUT2D eigenvalue weighted by Gasteiger charge is -2.20. The fourth-order valence-electron chi connectivity index (χ4n) is 2.25. The average Bonchev–Trinajstić information content (AvgIpc) is 2.91. The predicted octanol–water partition coefficient (Wildman–Crippen LogP) is 1.78. The summed E-state index contributed by atoms with van der Waals surface area (Å²) in [6.07, 6.45) is 1.91. The Kier molecular flexibility index (Phi) is 4.64. The molecule has 0 aromatic heterocycles. The van der Waals surface area contributed by atoms with Crippen LogP contribution in [-0.4, -0.2) is 41.0 Å². The third-order valence-electron chi connectivity index (χ3n) is 3.37. The first-order valence-electron chi connectivity index (χ1n) is 6.73. The molecule has 7 heteroatoms. The van der Waals surface area contributed by atoms with Gasteiger partial charge in [0, 0.05) is 18.4 Å². The highest BCUT2D eigenvalue weighted by Crippen LogP contribution is 2.22. The van der Waals surface area contributed by atoms with Crippen LogP contribution in [0.25, 0.3) is 0 Å². The number of aromatic carboxylic acids is 1. The molecule has 21 heavy (non-hydrogen) atoms.